The molecule has 28 heavy (non-hydrogen) atoms. The van der Waals surface area contributed by atoms with E-state index in [2.05, 4.69) is 9.88 Å². The molecule has 1 aliphatic heterocycles. The first-order valence-electron chi connectivity index (χ1n) is 8.86. The van der Waals surface area contributed by atoms with Crippen LogP contribution in [0.2, 0.25) is 0 Å². The zero-order valence-electron chi connectivity index (χ0n) is 14.9. The number of piperazine rings is 1. The zero-order valence-corrected chi connectivity index (χ0v) is 14.9. The Labute approximate surface area is 160 Å². The summed E-state index contributed by atoms with van der Waals surface area (Å²) in [6.07, 6.45) is 1.66. The number of halogens is 1. The Bertz CT molecular complexity index is 1050. The lowest BCUT2D eigenvalue weighted by atomic mass is 10.1. The summed E-state index contributed by atoms with van der Waals surface area (Å²) >= 11 is 0. The second kappa shape index (κ2) is 7.22. The first-order valence-corrected chi connectivity index (χ1v) is 8.86. The molecule has 1 saturated heterocycles. The van der Waals surface area contributed by atoms with E-state index in [4.69, 9.17) is 0 Å². The summed E-state index contributed by atoms with van der Waals surface area (Å²) in [5, 5.41) is 11.6. The van der Waals surface area contributed by atoms with Crippen LogP contribution in [0.3, 0.4) is 0 Å². The normalized spacial score (nSPS) is 14.3. The number of fused-ring (bicyclic) bond motifs is 1. The highest BCUT2D eigenvalue weighted by Crippen LogP contribution is 2.27. The Morgan fingerprint density at radius 3 is 2.43 bits per heavy atom. The van der Waals surface area contributed by atoms with Gasteiger partial charge in [0.05, 0.1) is 10.4 Å². The van der Waals surface area contributed by atoms with E-state index in [0.29, 0.717) is 37.3 Å². The Kier molecular flexibility index (Phi) is 4.60. The fourth-order valence-electron chi connectivity index (χ4n) is 3.44. The van der Waals surface area contributed by atoms with Crippen molar-refractivity contribution in [3.05, 3.63) is 76.2 Å². The third-order valence-electron chi connectivity index (χ3n) is 4.91. The van der Waals surface area contributed by atoms with Crippen molar-refractivity contribution in [2.75, 3.05) is 31.1 Å². The predicted octanol–water partition coefficient (Wildman–Crippen LogP) is 3.24. The SMILES string of the molecule is O=C(c1ccc([N+](=O)[O-])cc1)N1CCN(c2ccnc3cc(F)ccc23)CC1. The first-order chi connectivity index (χ1) is 13.5. The number of amides is 1. The molecule has 4 rings (SSSR count). The van der Waals surface area contributed by atoms with Crippen molar-refractivity contribution in [1.82, 2.24) is 9.88 Å². The van der Waals surface area contributed by atoms with Crippen LogP contribution in [0.15, 0.2) is 54.7 Å². The molecule has 2 heterocycles. The predicted molar refractivity (Wildman–Crippen MR) is 103 cm³/mol. The second-order valence-corrected chi connectivity index (χ2v) is 6.57. The standard InChI is InChI=1S/C20H17FN4O3/c21-15-3-6-17-18(13-15)22-8-7-19(17)23-9-11-24(12-10-23)20(26)14-1-4-16(5-2-14)25(27)28/h1-8,13H,9-12H2. The molecular weight excluding hydrogens is 363 g/mol. The molecule has 3 aromatic rings. The number of aromatic nitrogens is 1. The van der Waals surface area contributed by atoms with Crippen molar-refractivity contribution >= 4 is 28.2 Å². The number of carbonyl (C=O) groups is 1. The van der Waals surface area contributed by atoms with Crippen LogP contribution >= 0.6 is 0 Å². The summed E-state index contributed by atoms with van der Waals surface area (Å²) in [6, 6.07) is 12.1. The van der Waals surface area contributed by atoms with E-state index in [1.807, 2.05) is 6.07 Å². The topological polar surface area (TPSA) is 79.6 Å². The maximum Gasteiger partial charge on any atom is 0.269 e. The third-order valence-corrected chi connectivity index (χ3v) is 4.91. The lowest BCUT2D eigenvalue weighted by Gasteiger charge is -2.36. The summed E-state index contributed by atoms with van der Waals surface area (Å²) in [4.78, 5) is 31.0. The van der Waals surface area contributed by atoms with Crippen LogP contribution < -0.4 is 4.90 Å². The highest BCUT2D eigenvalue weighted by atomic mass is 19.1. The van der Waals surface area contributed by atoms with Gasteiger partial charge in [-0.15, -0.1) is 0 Å². The van der Waals surface area contributed by atoms with E-state index in [9.17, 15) is 19.3 Å². The third kappa shape index (κ3) is 3.36. The van der Waals surface area contributed by atoms with Gasteiger partial charge in [0.1, 0.15) is 5.82 Å². The van der Waals surface area contributed by atoms with Crippen molar-refractivity contribution in [3.8, 4) is 0 Å². The minimum Gasteiger partial charge on any atom is -0.367 e. The number of non-ortho nitro benzene ring substituents is 1. The number of carbonyl (C=O) groups excluding carboxylic acids is 1. The zero-order chi connectivity index (χ0) is 19.7. The van der Waals surface area contributed by atoms with Gasteiger partial charge in [-0.25, -0.2) is 4.39 Å². The minimum atomic E-state index is -0.488. The van der Waals surface area contributed by atoms with Gasteiger partial charge in [-0.3, -0.25) is 19.9 Å². The van der Waals surface area contributed by atoms with Crippen LogP contribution in [0.4, 0.5) is 15.8 Å². The number of nitro groups is 1. The molecular formula is C20H17FN4O3. The molecule has 1 aliphatic rings. The molecule has 1 fully saturated rings. The lowest BCUT2D eigenvalue weighted by Crippen LogP contribution is -2.48. The molecule has 1 aromatic heterocycles. The molecule has 0 saturated carbocycles. The van der Waals surface area contributed by atoms with Gasteiger partial charge in [0.2, 0.25) is 0 Å². The molecule has 1 amide bonds. The van der Waals surface area contributed by atoms with Crippen LogP contribution in [-0.4, -0.2) is 46.9 Å². The Hall–Kier alpha value is -3.55. The van der Waals surface area contributed by atoms with Crippen LogP contribution in [0.1, 0.15) is 10.4 Å². The van der Waals surface area contributed by atoms with Crippen LogP contribution in [0.25, 0.3) is 10.9 Å². The average molecular weight is 380 g/mol. The Balaban J connectivity index is 1.47. The Morgan fingerprint density at radius 2 is 1.75 bits per heavy atom. The summed E-state index contributed by atoms with van der Waals surface area (Å²) in [5.41, 5.74) is 1.96. The highest BCUT2D eigenvalue weighted by molar-refractivity contribution is 5.95. The van der Waals surface area contributed by atoms with E-state index in [-0.39, 0.29) is 17.4 Å². The number of hydrogen-bond acceptors (Lipinski definition) is 5. The van der Waals surface area contributed by atoms with Crippen molar-refractivity contribution in [2.24, 2.45) is 0 Å². The molecule has 142 valence electrons. The van der Waals surface area contributed by atoms with E-state index in [1.165, 1.54) is 36.4 Å². The number of pyridine rings is 1. The summed E-state index contributed by atoms with van der Waals surface area (Å²) in [5.74, 6) is -0.466. The molecule has 0 atom stereocenters. The van der Waals surface area contributed by atoms with Crippen molar-refractivity contribution in [3.63, 3.8) is 0 Å². The Morgan fingerprint density at radius 1 is 1.04 bits per heavy atom. The summed E-state index contributed by atoms with van der Waals surface area (Å²) in [7, 11) is 0. The van der Waals surface area contributed by atoms with Gasteiger partial charge in [-0.1, -0.05) is 0 Å². The number of benzene rings is 2. The van der Waals surface area contributed by atoms with E-state index < -0.39 is 4.92 Å². The van der Waals surface area contributed by atoms with Crippen molar-refractivity contribution < 1.29 is 14.1 Å². The van der Waals surface area contributed by atoms with Crippen LogP contribution in [0.5, 0.6) is 0 Å². The van der Waals surface area contributed by atoms with Crippen molar-refractivity contribution in [1.29, 1.82) is 0 Å². The first kappa shape index (κ1) is 17.8. The smallest absolute Gasteiger partial charge is 0.269 e. The molecule has 0 radical (unpaired) electrons. The van der Waals surface area contributed by atoms with Gasteiger partial charge < -0.3 is 9.80 Å². The molecule has 8 heteroatoms. The highest BCUT2D eigenvalue weighted by Gasteiger charge is 2.23. The van der Waals surface area contributed by atoms with Gasteiger partial charge in [-0.2, -0.15) is 0 Å². The van der Waals surface area contributed by atoms with Crippen LogP contribution in [0, 0.1) is 15.9 Å². The average Bonchev–Trinajstić information content (AvgIpc) is 2.73. The van der Waals surface area contributed by atoms with Gasteiger partial charge in [-0.05, 0) is 30.3 Å². The maximum absolute atomic E-state index is 13.4. The molecule has 0 aliphatic carbocycles. The van der Waals surface area contributed by atoms with E-state index in [0.717, 1.165) is 11.1 Å². The number of nitro benzene ring substituents is 1. The summed E-state index contributed by atoms with van der Waals surface area (Å²) < 4.78 is 13.4. The quantitative estimate of drug-likeness (QED) is 0.515. The maximum atomic E-state index is 13.4. The number of anilines is 1. The molecule has 0 bridgehead atoms. The van der Waals surface area contributed by atoms with Gasteiger partial charge in [0, 0.05) is 67.2 Å². The summed E-state index contributed by atoms with van der Waals surface area (Å²) in [6.45, 7) is 2.33. The molecule has 2 aromatic carbocycles. The molecule has 0 N–H and O–H groups in total. The lowest BCUT2D eigenvalue weighted by molar-refractivity contribution is -0.384. The fraction of sp³-hybridized carbons (Fsp3) is 0.200. The van der Waals surface area contributed by atoms with Crippen molar-refractivity contribution in [2.45, 2.75) is 0 Å². The van der Waals surface area contributed by atoms with E-state index in [1.54, 1.807) is 17.2 Å². The van der Waals surface area contributed by atoms with Gasteiger partial charge in [0.15, 0.2) is 0 Å². The largest absolute Gasteiger partial charge is 0.367 e. The van der Waals surface area contributed by atoms with Crippen LogP contribution in [-0.2, 0) is 0 Å². The number of nitrogens with zero attached hydrogens (tertiary/aromatic N) is 4. The number of hydrogen-bond donors (Lipinski definition) is 0. The number of rotatable bonds is 3. The monoisotopic (exact) mass is 380 g/mol. The second-order valence-electron chi connectivity index (χ2n) is 6.57. The van der Waals surface area contributed by atoms with E-state index >= 15 is 0 Å². The molecule has 0 spiro atoms. The fourth-order valence-corrected chi connectivity index (χ4v) is 3.44. The van der Waals surface area contributed by atoms with Gasteiger partial charge >= 0.3 is 0 Å². The molecule has 0 unspecified atom stereocenters. The molecule has 7 nitrogen and oxygen atoms in total. The minimum absolute atomic E-state index is 0.0395. The van der Waals surface area contributed by atoms with Gasteiger partial charge in [0.25, 0.3) is 11.6 Å².